The molecule has 18 heavy (non-hydrogen) atoms. The maximum absolute atomic E-state index is 5.76. The lowest BCUT2D eigenvalue weighted by Crippen LogP contribution is -2.10. The first-order valence-corrected chi connectivity index (χ1v) is 7.88. The summed E-state index contributed by atoms with van der Waals surface area (Å²) >= 11 is 3.61. The molecule has 0 aromatic carbocycles. The summed E-state index contributed by atoms with van der Waals surface area (Å²) in [6.07, 6.45) is 0. The Kier molecular flexibility index (Phi) is 5.38. The highest BCUT2D eigenvalue weighted by Crippen LogP contribution is 2.22. The molecule has 2 aromatic heterocycles. The summed E-state index contributed by atoms with van der Waals surface area (Å²) in [4.78, 5) is 4.05. The molecule has 2 nitrogen and oxygen atoms in total. The van der Waals surface area contributed by atoms with Gasteiger partial charge in [-0.25, -0.2) is 0 Å². The lowest BCUT2D eigenvalue weighted by atomic mass is 10.2. The van der Waals surface area contributed by atoms with Crippen molar-refractivity contribution in [3.63, 3.8) is 0 Å². The van der Waals surface area contributed by atoms with Gasteiger partial charge >= 0.3 is 0 Å². The zero-order chi connectivity index (χ0) is 12.8. The third-order valence-electron chi connectivity index (χ3n) is 2.70. The number of aryl methyl sites for hydroxylation is 1. The Morgan fingerprint density at radius 3 is 2.89 bits per heavy atom. The Morgan fingerprint density at radius 1 is 1.28 bits per heavy atom. The molecule has 0 aliphatic heterocycles. The summed E-state index contributed by atoms with van der Waals surface area (Å²) in [5.74, 6) is 0. The third-order valence-corrected chi connectivity index (χ3v) is 4.65. The molecule has 2 heterocycles. The van der Waals surface area contributed by atoms with Crippen LogP contribution < -0.4 is 5.32 Å². The quantitative estimate of drug-likeness (QED) is 0.830. The maximum Gasteiger partial charge on any atom is 0.0813 e. The second kappa shape index (κ2) is 7.04. The predicted molar refractivity (Wildman–Crippen MR) is 79.2 cm³/mol. The van der Waals surface area contributed by atoms with Gasteiger partial charge in [0.2, 0.25) is 0 Å². The first-order chi connectivity index (χ1) is 8.79. The van der Waals surface area contributed by atoms with Crippen LogP contribution in [0.2, 0.25) is 0 Å². The molecule has 0 saturated heterocycles. The van der Waals surface area contributed by atoms with Crippen molar-refractivity contribution >= 4 is 22.7 Å². The minimum atomic E-state index is 0.715. The van der Waals surface area contributed by atoms with E-state index in [1.54, 1.807) is 11.3 Å². The highest BCUT2D eigenvalue weighted by molar-refractivity contribution is 7.12. The monoisotopic (exact) mass is 281 g/mol. The lowest BCUT2D eigenvalue weighted by molar-refractivity contribution is 0.109. The first-order valence-electron chi connectivity index (χ1n) is 6.18. The summed E-state index contributed by atoms with van der Waals surface area (Å²) in [6.45, 7) is 7.71. The van der Waals surface area contributed by atoms with Crippen LogP contribution in [0.1, 0.15) is 27.1 Å². The first kappa shape index (κ1) is 13.7. The molecule has 0 fully saturated rings. The zero-order valence-corrected chi connectivity index (χ0v) is 12.5. The highest BCUT2D eigenvalue weighted by Gasteiger charge is 2.05. The van der Waals surface area contributed by atoms with Crippen LogP contribution in [0, 0.1) is 6.92 Å². The van der Waals surface area contributed by atoms with Gasteiger partial charge in [0.05, 0.1) is 13.2 Å². The fraction of sp³-hybridized carbons (Fsp3) is 0.429. The van der Waals surface area contributed by atoms with E-state index in [4.69, 9.17) is 4.74 Å². The topological polar surface area (TPSA) is 21.3 Å². The molecular weight excluding hydrogens is 262 g/mol. The molecule has 4 heteroatoms. The van der Waals surface area contributed by atoms with E-state index in [0.29, 0.717) is 6.61 Å². The van der Waals surface area contributed by atoms with E-state index in [2.05, 4.69) is 42.7 Å². The van der Waals surface area contributed by atoms with Gasteiger partial charge in [-0.15, -0.1) is 22.7 Å². The van der Waals surface area contributed by atoms with Gasteiger partial charge in [0.15, 0.2) is 0 Å². The number of nitrogens with one attached hydrogen (secondary N) is 1. The van der Waals surface area contributed by atoms with Gasteiger partial charge in [0.1, 0.15) is 0 Å². The van der Waals surface area contributed by atoms with E-state index in [9.17, 15) is 0 Å². The summed E-state index contributed by atoms with van der Waals surface area (Å²) in [5, 5.41) is 5.44. The van der Waals surface area contributed by atoms with E-state index >= 15 is 0 Å². The van der Waals surface area contributed by atoms with Gasteiger partial charge in [0, 0.05) is 21.2 Å². The van der Waals surface area contributed by atoms with Crippen molar-refractivity contribution in [3.8, 4) is 0 Å². The van der Waals surface area contributed by atoms with Crippen LogP contribution in [-0.2, 0) is 24.5 Å². The molecule has 0 spiro atoms. The van der Waals surface area contributed by atoms with Gasteiger partial charge < -0.3 is 10.1 Å². The molecule has 2 rings (SSSR count). The van der Waals surface area contributed by atoms with E-state index in [1.807, 2.05) is 11.3 Å². The van der Waals surface area contributed by atoms with Crippen LogP contribution in [0.15, 0.2) is 23.6 Å². The van der Waals surface area contributed by atoms with Crippen LogP contribution in [0.4, 0.5) is 0 Å². The Morgan fingerprint density at radius 2 is 2.17 bits per heavy atom. The van der Waals surface area contributed by atoms with Gasteiger partial charge in [-0.2, -0.15) is 0 Å². The number of hydrogen-bond donors (Lipinski definition) is 1. The van der Waals surface area contributed by atoms with E-state index in [-0.39, 0.29) is 0 Å². The van der Waals surface area contributed by atoms with Crippen molar-refractivity contribution in [2.45, 2.75) is 33.6 Å². The molecule has 0 saturated carbocycles. The molecule has 0 bridgehead atoms. The van der Waals surface area contributed by atoms with Crippen molar-refractivity contribution in [3.05, 3.63) is 43.8 Å². The van der Waals surface area contributed by atoms with Gasteiger partial charge in [-0.1, -0.05) is 13.0 Å². The van der Waals surface area contributed by atoms with Crippen molar-refractivity contribution in [1.29, 1.82) is 0 Å². The Bertz CT molecular complexity index is 462. The van der Waals surface area contributed by atoms with E-state index in [1.165, 1.54) is 20.2 Å². The molecule has 2 aromatic rings. The fourth-order valence-corrected chi connectivity index (χ4v) is 3.38. The van der Waals surface area contributed by atoms with Gasteiger partial charge in [-0.3, -0.25) is 0 Å². The Hall–Kier alpha value is -0.680. The zero-order valence-electron chi connectivity index (χ0n) is 10.9. The number of rotatable bonds is 7. The van der Waals surface area contributed by atoms with Crippen LogP contribution in [0.25, 0.3) is 0 Å². The Labute approximate surface area is 117 Å². The second-order valence-electron chi connectivity index (χ2n) is 4.15. The SMILES string of the molecule is CCNCc1cc(COCc2cccs2)c(C)s1. The van der Waals surface area contributed by atoms with Crippen molar-refractivity contribution in [2.24, 2.45) is 0 Å². The van der Waals surface area contributed by atoms with Gasteiger partial charge in [0.25, 0.3) is 0 Å². The van der Waals surface area contributed by atoms with Gasteiger partial charge in [-0.05, 0) is 36.5 Å². The minimum absolute atomic E-state index is 0.715. The molecule has 0 radical (unpaired) electrons. The summed E-state index contributed by atoms with van der Waals surface area (Å²) in [6, 6.07) is 6.44. The largest absolute Gasteiger partial charge is 0.371 e. The van der Waals surface area contributed by atoms with E-state index in [0.717, 1.165) is 19.7 Å². The molecule has 0 atom stereocenters. The standard InChI is InChI=1S/C14H19NOS2/c1-3-15-8-14-7-12(11(2)18-14)9-16-10-13-5-4-6-17-13/h4-7,15H,3,8-10H2,1-2H3. The highest BCUT2D eigenvalue weighted by atomic mass is 32.1. The maximum atomic E-state index is 5.76. The average Bonchev–Trinajstić information content (AvgIpc) is 2.98. The van der Waals surface area contributed by atoms with Crippen LogP contribution in [0.5, 0.6) is 0 Å². The lowest BCUT2D eigenvalue weighted by Gasteiger charge is -2.01. The van der Waals surface area contributed by atoms with Crippen molar-refractivity contribution in [2.75, 3.05) is 6.54 Å². The third kappa shape index (κ3) is 3.92. The fourth-order valence-electron chi connectivity index (χ4n) is 1.72. The van der Waals surface area contributed by atoms with Crippen LogP contribution in [-0.4, -0.2) is 6.54 Å². The van der Waals surface area contributed by atoms with Crippen LogP contribution >= 0.6 is 22.7 Å². The number of hydrogen-bond acceptors (Lipinski definition) is 4. The number of thiophene rings is 2. The van der Waals surface area contributed by atoms with Crippen molar-refractivity contribution in [1.82, 2.24) is 5.32 Å². The normalized spacial score (nSPS) is 11.0. The van der Waals surface area contributed by atoms with Crippen LogP contribution in [0.3, 0.4) is 0 Å². The Balaban J connectivity index is 1.83. The molecule has 0 aliphatic rings. The summed E-state index contributed by atoms with van der Waals surface area (Å²) in [5.41, 5.74) is 1.32. The van der Waals surface area contributed by atoms with E-state index < -0.39 is 0 Å². The molecular formula is C14H19NOS2. The molecule has 98 valence electrons. The predicted octanol–water partition coefficient (Wildman–Crippen LogP) is 3.94. The second-order valence-corrected chi connectivity index (χ2v) is 6.52. The number of ether oxygens (including phenoxy) is 1. The smallest absolute Gasteiger partial charge is 0.0813 e. The average molecular weight is 281 g/mol. The van der Waals surface area contributed by atoms with Crippen molar-refractivity contribution < 1.29 is 4.74 Å². The molecule has 0 aliphatic carbocycles. The molecule has 0 unspecified atom stereocenters. The summed E-state index contributed by atoms with van der Waals surface area (Å²) < 4.78 is 5.76. The molecule has 1 N–H and O–H groups in total. The summed E-state index contributed by atoms with van der Waals surface area (Å²) in [7, 11) is 0. The molecule has 0 amide bonds. The minimum Gasteiger partial charge on any atom is -0.371 e.